The topological polar surface area (TPSA) is 0 Å². The van der Waals surface area contributed by atoms with Crippen molar-refractivity contribution >= 4 is 12.2 Å². The van der Waals surface area contributed by atoms with E-state index < -0.39 is 20.0 Å². The molecule has 0 bridgehead atoms. The number of benzene rings is 4. The Hall–Kier alpha value is -2.77. The summed E-state index contributed by atoms with van der Waals surface area (Å²) in [4.78, 5) is 0. The maximum absolute atomic E-state index is 3.09. The number of allylic oxidation sites excluding steroid dienone is 2. The van der Waals surface area contributed by atoms with Crippen molar-refractivity contribution in [2.24, 2.45) is 5.41 Å². The Morgan fingerprint density at radius 3 is 1.39 bits per heavy atom. The zero-order valence-corrected chi connectivity index (χ0v) is 32.8. The fourth-order valence-electron chi connectivity index (χ4n) is 9.94. The minimum atomic E-state index is -3.09. The van der Waals surface area contributed by atoms with E-state index in [-0.39, 0.29) is 16.2 Å². The van der Waals surface area contributed by atoms with Gasteiger partial charge in [-0.15, -0.1) is 0 Å². The molecule has 4 aromatic carbocycles. The number of hydrogen-bond donors (Lipinski definition) is 0. The molecule has 4 aliphatic rings. The first-order valence-corrected chi connectivity index (χ1v) is 29.1. The van der Waals surface area contributed by atoms with Crippen LogP contribution in [0.5, 0.6) is 0 Å². The van der Waals surface area contributed by atoms with Crippen LogP contribution >= 0.6 is 0 Å². The Labute approximate surface area is 282 Å². The summed E-state index contributed by atoms with van der Waals surface area (Å²) in [7, 11) is 0. The Bertz CT molecular complexity index is 1810. The normalized spacial score (nSPS) is 22.2. The van der Waals surface area contributed by atoms with Crippen molar-refractivity contribution < 1.29 is 20.0 Å². The van der Waals surface area contributed by atoms with Crippen molar-refractivity contribution in [3.05, 3.63) is 129 Å². The van der Waals surface area contributed by atoms with Gasteiger partial charge >= 0.3 is 284 Å². The molecule has 1 spiro atoms. The van der Waals surface area contributed by atoms with Crippen LogP contribution < -0.4 is 0 Å². The van der Waals surface area contributed by atoms with Crippen molar-refractivity contribution in [2.75, 3.05) is 0 Å². The molecule has 2 fully saturated rings. The van der Waals surface area contributed by atoms with Crippen molar-refractivity contribution in [3.63, 3.8) is 0 Å². The molecule has 3 aliphatic carbocycles. The van der Waals surface area contributed by atoms with Gasteiger partial charge in [-0.3, -0.25) is 0 Å². The van der Waals surface area contributed by atoms with E-state index in [1.165, 1.54) is 70.2 Å². The van der Waals surface area contributed by atoms with E-state index in [1.807, 2.05) is 0 Å². The van der Waals surface area contributed by atoms with Crippen LogP contribution in [0.3, 0.4) is 0 Å². The van der Waals surface area contributed by atoms with E-state index in [0.29, 0.717) is 7.35 Å². The Morgan fingerprint density at radius 2 is 0.978 bits per heavy atom. The molecule has 8 rings (SSSR count). The molecule has 1 heteroatoms. The van der Waals surface area contributed by atoms with Gasteiger partial charge in [-0.05, 0) is 0 Å². The van der Waals surface area contributed by atoms with Gasteiger partial charge in [0.15, 0.2) is 0 Å². The molecule has 1 saturated carbocycles. The molecule has 1 aliphatic heterocycles. The van der Waals surface area contributed by atoms with Gasteiger partial charge < -0.3 is 0 Å². The number of fused-ring (bicyclic) bond motifs is 8. The van der Waals surface area contributed by atoms with Gasteiger partial charge in [0.2, 0.25) is 0 Å². The standard InChI is InChI=1S/C43H44.2CH3.Hf/c1-41(2,3)33-17-9-13-29(23-33)37-19-11-15-31-25-35(27-39(31)37)43(21-7-8-22-43)36-26-32-16-12-20-38(40(32)28-36)30-14-10-18-34(24-30)42(4,5)6;;;/h9-20,23-28H,7-8,21-22H2,1-6H3;2*1H3;. The van der Waals surface area contributed by atoms with Crippen molar-refractivity contribution in [3.8, 4) is 22.3 Å². The Morgan fingerprint density at radius 1 is 0.565 bits per heavy atom. The number of rotatable bonds is 2. The van der Waals surface area contributed by atoms with E-state index in [1.54, 1.807) is 22.3 Å². The second-order valence-corrected chi connectivity index (χ2v) is 34.7. The molecular formula is C45H50Hf. The first-order chi connectivity index (χ1) is 21.8. The predicted octanol–water partition coefficient (Wildman–Crippen LogP) is 13.0. The van der Waals surface area contributed by atoms with Gasteiger partial charge in [0.1, 0.15) is 0 Å². The zero-order valence-electron chi connectivity index (χ0n) is 29.2. The van der Waals surface area contributed by atoms with Crippen LogP contribution in [0.1, 0.15) is 108 Å². The van der Waals surface area contributed by atoms with Crippen molar-refractivity contribution in [2.45, 2.75) is 94.8 Å². The molecular weight excluding hydrogens is 719 g/mol. The molecule has 0 nitrogen and oxygen atoms in total. The molecule has 2 unspecified atom stereocenters. The molecule has 1 saturated heterocycles. The van der Waals surface area contributed by atoms with Gasteiger partial charge in [0.05, 0.1) is 0 Å². The summed E-state index contributed by atoms with van der Waals surface area (Å²) in [6, 6.07) is 33.3. The van der Waals surface area contributed by atoms with Crippen LogP contribution in [0, 0.1) is 5.41 Å². The van der Waals surface area contributed by atoms with E-state index in [9.17, 15) is 0 Å². The molecule has 0 aromatic heterocycles. The first-order valence-electron chi connectivity index (χ1n) is 17.7. The summed E-state index contributed by atoms with van der Waals surface area (Å²) in [6.45, 7) is 14.0. The summed E-state index contributed by atoms with van der Waals surface area (Å²) in [5, 5.41) is 0. The molecule has 1 heterocycles. The van der Waals surface area contributed by atoms with E-state index in [2.05, 4.69) is 148 Å². The Kier molecular flexibility index (Phi) is 6.88. The fourth-order valence-corrected chi connectivity index (χ4v) is 27.0. The summed E-state index contributed by atoms with van der Waals surface area (Å²) < 4.78 is 6.89. The molecule has 2 atom stereocenters. The van der Waals surface area contributed by atoms with Gasteiger partial charge in [0.25, 0.3) is 0 Å². The molecule has 46 heavy (non-hydrogen) atoms. The molecule has 4 aromatic rings. The second-order valence-electron chi connectivity index (χ2n) is 17.5. The number of hydrogen-bond acceptors (Lipinski definition) is 0. The monoisotopic (exact) mass is 770 g/mol. The molecule has 0 amide bonds. The van der Waals surface area contributed by atoms with Crippen LogP contribution in [-0.2, 0) is 30.8 Å². The van der Waals surface area contributed by atoms with Gasteiger partial charge in [-0.25, -0.2) is 0 Å². The van der Waals surface area contributed by atoms with Gasteiger partial charge in [-0.1, -0.05) is 0 Å². The zero-order chi connectivity index (χ0) is 32.2. The Balaban J connectivity index is 1.31. The van der Waals surface area contributed by atoms with Gasteiger partial charge in [-0.2, -0.15) is 0 Å². The third kappa shape index (κ3) is 4.47. The van der Waals surface area contributed by atoms with E-state index in [4.69, 9.17) is 0 Å². The van der Waals surface area contributed by atoms with Crippen molar-refractivity contribution in [1.82, 2.24) is 0 Å². The molecule has 0 radical (unpaired) electrons. The summed E-state index contributed by atoms with van der Waals surface area (Å²) in [5.74, 6) is 0. The average molecular weight is 769 g/mol. The second kappa shape index (κ2) is 10.4. The van der Waals surface area contributed by atoms with E-state index in [0.717, 1.165) is 0 Å². The third-order valence-electron chi connectivity index (χ3n) is 12.3. The van der Waals surface area contributed by atoms with Gasteiger partial charge in [0, 0.05) is 0 Å². The third-order valence-corrected chi connectivity index (χ3v) is 27.4. The van der Waals surface area contributed by atoms with Crippen LogP contribution in [0.25, 0.3) is 34.4 Å². The average Bonchev–Trinajstić information content (AvgIpc) is 3.76. The van der Waals surface area contributed by atoms with E-state index >= 15 is 0 Å². The predicted molar refractivity (Wildman–Crippen MR) is 195 cm³/mol. The van der Waals surface area contributed by atoms with Crippen LogP contribution in [-0.4, -0.2) is 0 Å². The molecule has 0 N–H and O–H groups in total. The van der Waals surface area contributed by atoms with Crippen LogP contribution in [0.15, 0.2) is 96.1 Å². The SMILES string of the molecule is CC(C)(C)c1cccc(-c2cccc3c2C=C2[CH]3[Hf]([CH3])([CH3])[CH]3C(=Cc4c(-c5cccc(C(C)(C)C)c5)cccc43)C23CCCC3)c1. The van der Waals surface area contributed by atoms with Crippen molar-refractivity contribution in [1.29, 1.82) is 0 Å². The van der Waals surface area contributed by atoms with Crippen LogP contribution in [0.2, 0.25) is 9.36 Å². The maximum atomic E-state index is 2.80. The molecule has 234 valence electrons. The minimum absolute atomic E-state index is 0.137. The summed E-state index contributed by atoms with van der Waals surface area (Å²) in [5.41, 5.74) is 18.9. The fraction of sp³-hybridized carbons (Fsp3) is 0.378. The van der Waals surface area contributed by atoms with Crippen LogP contribution in [0.4, 0.5) is 0 Å². The summed E-state index contributed by atoms with van der Waals surface area (Å²) >= 11 is -3.09. The summed E-state index contributed by atoms with van der Waals surface area (Å²) in [6.07, 6.45) is 10.8. The quantitative estimate of drug-likeness (QED) is 0.178. The first kappa shape index (κ1) is 30.6.